The van der Waals surface area contributed by atoms with Gasteiger partial charge in [0.2, 0.25) is 0 Å². The van der Waals surface area contributed by atoms with Crippen LogP contribution in [0.2, 0.25) is 0 Å². The van der Waals surface area contributed by atoms with Crippen molar-refractivity contribution in [3.05, 3.63) is 23.8 Å². The number of benzene rings is 1. The summed E-state index contributed by atoms with van der Waals surface area (Å²) in [5.41, 5.74) is 7.43. The second-order valence-electron chi connectivity index (χ2n) is 3.60. The lowest BCUT2D eigenvalue weighted by atomic mass is 10.1. The molecule has 1 unspecified atom stereocenters. The van der Waals surface area contributed by atoms with Gasteiger partial charge in [-0.2, -0.15) is 0 Å². The summed E-state index contributed by atoms with van der Waals surface area (Å²) in [6, 6.07) is 4.11. The van der Waals surface area contributed by atoms with Crippen LogP contribution < -0.4 is 21.3 Å². The Hall–Kier alpha value is -1.83. The van der Waals surface area contributed by atoms with Crippen LogP contribution in [-0.2, 0) is 11.3 Å². The van der Waals surface area contributed by atoms with Gasteiger partial charge in [-0.05, 0) is 12.1 Å². The molecule has 1 aromatic carbocycles. The van der Waals surface area contributed by atoms with E-state index in [2.05, 4.69) is 5.32 Å². The maximum Gasteiger partial charge on any atom is 0.261 e. The van der Waals surface area contributed by atoms with E-state index in [-0.39, 0.29) is 18.8 Å². The minimum absolute atomic E-state index is 0.0162. The number of hydrogen-bond donors (Lipinski definition) is 5. The number of methoxy groups -OCH3 is 1. The SMILES string of the molecule is COc1cccc(O)c1CNC(CN)C(=O)NO. The normalized spacial score (nSPS) is 11.9. The lowest BCUT2D eigenvalue weighted by Gasteiger charge is -2.16. The predicted octanol–water partition coefficient (Wildman–Crippen LogP) is -0.677. The fraction of sp³-hybridized carbons (Fsp3) is 0.364. The number of aromatic hydroxyl groups is 1. The Kier molecular flexibility index (Phi) is 5.37. The van der Waals surface area contributed by atoms with Gasteiger partial charge in [-0.3, -0.25) is 10.0 Å². The van der Waals surface area contributed by atoms with Crippen molar-refractivity contribution in [2.45, 2.75) is 12.6 Å². The Morgan fingerprint density at radius 2 is 2.28 bits per heavy atom. The van der Waals surface area contributed by atoms with E-state index in [1.165, 1.54) is 18.7 Å². The van der Waals surface area contributed by atoms with Crippen LogP contribution in [0.25, 0.3) is 0 Å². The zero-order chi connectivity index (χ0) is 13.5. The highest BCUT2D eigenvalue weighted by molar-refractivity contribution is 5.80. The van der Waals surface area contributed by atoms with Crippen molar-refractivity contribution in [2.75, 3.05) is 13.7 Å². The Morgan fingerprint density at radius 1 is 1.56 bits per heavy atom. The van der Waals surface area contributed by atoms with Crippen molar-refractivity contribution in [3.63, 3.8) is 0 Å². The highest BCUT2D eigenvalue weighted by Gasteiger charge is 2.17. The maximum atomic E-state index is 11.2. The van der Waals surface area contributed by atoms with E-state index in [1.54, 1.807) is 12.1 Å². The van der Waals surface area contributed by atoms with Gasteiger partial charge < -0.3 is 20.9 Å². The summed E-state index contributed by atoms with van der Waals surface area (Å²) in [5.74, 6) is -0.0726. The number of hydrogen-bond acceptors (Lipinski definition) is 6. The third kappa shape index (κ3) is 3.33. The molecule has 0 radical (unpaired) electrons. The molecule has 0 fully saturated rings. The van der Waals surface area contributed by atoms with Crippen LogP contribution in [-0.4, -0.2) is 35.9 Å². The number of phenolic OH excluding ortho intramolecular Hbond substituents is 1. The molecule has 0 aliphatic rings. The van der Waals surface area contributed by atoms with E-state index < -0.39 is 11.9 Å². The predicted molar refractivity (Wildman–Crippen MR) is 64.3 cm³/mol. The third-order valence-corrected chi connectivity index (χ3v) is 2.52. The number of nitrogens with one attached hydrogen (secondary N) is 2. The van der Waals surface area contributed by atoms with E-state index in [9.17, 15) is 9.90 Å². The largest absolute Gasteiger partial charge is 0.507 e. The average Bonchev–Trinajstić information content (AvgIpc) is 2.40. The van der Waals surface area contributed by atoms with Gasteiger partial charge in [-0.25, -0.2) is 5.48 Å². The molecule has 1 amide bonds. The third-order valence-electron chi connectivity index (χ3n) is 2.52. The van der Waals surface area contributed by atoms with E-state index in [0.29, 0.717) is 11.3 Å². The van der Waals surface area contributed by atoms with Crippen LogP contribution in [0.1, 0.15) is 5.56 Å². The van der Waals surface area contributed by atoms with Crippen LogP contribution in [0.4, 0.5) is 0 Å². The molecule has 0 saturated heterocycles. The maximum absolute atomic E-state index is 11.2. The van der Waals surface area contributed by atoms with E-state index in [1.807, 2.05) is 0 Å². The van der Waals surface area contributed by atoms with Crippen LogP contribution >= 0.6 is 0 Å². The average molecular weight is 255 g/mol. The van der Waals surface area contributed by atoms with Crippen molar-refractivity contribution < 1.29 is 19.8 Å². The zero-order valence-electron chi connectivity index (χ0n) is 10.0. The number of carbonyl (C=O) groups excluding carboxylic acids is 1. The number of phenols is 1. The molecule has 7 heteroatoms. The first-order valence-corrected chi connectivity index (χ1v) is 5.36. The molecule has 6 N–H and O–H groups in total. The number of ether oxygens (including phenoxy) is 1. The second kappa shape index (κ2) is 6.80. The summed E-state index contributed by atoms with van der Waals surface area (Å²) in [6.45, 7) is 0.202. The summed E-state index contributed by atoms with van der Waals surface area (Å²) in [7, 11) is 1.49. The van der Waals surface area contributed by atoms with Crippen molar-refractivity contribution in [1.82, 2.24) is 10.8 Å². The number of carbonyl (C=O) groups is 1. The number of amides is 1. The summed E-state index contributed by atoms with van der Waals surface area (Å²) in [4.78, 5) is 11.2. The van der Waals surface area contributed by atoms with Crippen molar-refractivity contribution >= 4 is 5.91 Å². The topological polar surface area (TPSA) is 117 Å². The highest BCUT2D eigenvalue weighted by Crippen LogP contribution is 2.26. The van der Waals surface area contributed by atoms with Crippen LogP contribution in [0.3, 0.4) is 0 Å². The molecule has 0 aliphatic carbocycles. The molecule has 0 aliphatic heterocycles. The van der Waals surface area contributed by atoms with Gasteiger partial charge in [0, 0.05) is 18.7 Å². The van der Waals surface area contributed by atoms with Gasteiger partial charge in [-0.15, -0.1) is 0 Å². The molecule has 0 aromatic heterocycles. The van der Waals surface area contributed by atoms with Crippen LogP contribution in [0, 0.1) is 0 Å². The number of rotatable bonds is 6. The summed E-state index contributed by atoms with van der Waals surface area (Å²) < 4.78 is 5.10. The monoisotopic (exact) mass is 255 g/mol. The molecule has 0 spiro atoms. The Bertz CT molecular complexity index is 411. The van der Waals surface area contributed by atoms with Crippen LogP contribution in [0.15, 0.2) is 18.2 Å². The highest BCUT2D eigenvalue weighted by atomic mass is 16.5. The number of hydroxylamine groups is 1. The minimum Gasteiger partial charge on any atom is -0.507 e. The molecule has 1 aromatic rings. The van der Waals surface area contributed by atoms with Gasteiger partial charge in [0.25, 0.3) is 5.91 Å². The van der Waals surface area contributed by atoms with Gasteiger partial charge >= 0.3 is 0 Å². The lowest BCUT2D eigenvalue weighted by molar-refractivity contribution is -0.131. The molecule has 0 bridgehead atoms. The van der Waals surface area contributed by atoms with Gasteiger partial charge in [0.05, 0.1) is 7.11 Å². The first-order chi connectivity index (χ1) is 8.63. The van der Waals surface area contributed by atoms with Gasteiger partial charge in [0.15, 0.2) is 0 Å². The Morgan fingerprint density at radius 3 is 2.83 bits per heavy atom. The first-order valence-electron chi connectivity index (χ1n) is 5.36. The molecule has 0 saturated carbocycles. The van der Waals surface area contributed by atoms with Crippen LogP contribution in [0.5, 0.6) is 11.5 Å². The quantitative estimate of drug-likeness (QED) is 0.340. The Balaban J connectivity index is 2.76. The smallest absolute Gasteiger partial charge is 0.261 e. The Labute approximate surface area is 105 Å². The minimum atomic E-state index is -0.751. The van der Waals surface area contributed by atoms with Crippen molar-refractivity contribution in [1.29, 1.82) is 0 Å². The molecular formula is C11H17N3O4. The lowest BCUT2D eigenvalue weighted by Crippen LogP contribution is -2.47. The summed E-state index contributed by atoms with van der Waals surface area (Å²) in [6.07, 6.45) is 0. The summed E-state index contributed by atoms with van der Waals surface area (Å²) in [5, 5.41) is 21.0. The van der Waals surface area contributed by atoms with E-state index in [0.717, 1.165) is 0 Å². The first kappa shape index (κ1) is 14.2. The second-order valence-corrected chi connectivity index (χ2v) is 3.60. The molecule has 18 heavy (non-hydrogen) atoms. The number of nitrogens with two attached hydrogens (primary N) is 1. The fourth-order valence-corrected chi connectivity index (χ4v) is 1.51. The van der Waals surface area contributed by atoms with E-state index >= 15 is 0 Å². The molecular weight excluding hydrogens is 238 g/mol. The molecule has 7 nitrogen and oxygen atoms in total. The van der Waals surface area contributed by atoms with E-state index in [4.69, 9.17) is 15.7 Å². The standard InChI is InChI=1S/C11H17N3O4/c1-18-10-4-2-3-9(15)7(10)6-13-8(5-12)11(16)14-17/h2-4,8,13,15,17H,5-6,12H2,1H3,(H,14,16). The zero-order valence-corrected chi connectivity index (χ0v) is 10.0. The molecule has 1 rings (SSSR count). The molecule has 1 atom stereocenters. The van der Waals surface area contributed by atoms with Gasteiger partial charge in [-0.1, -0.05) is 6.07 Å². The summed E-state index contributed by atoms with van der Waals surface area (Å²) >= 11 is 0. The molecule has 100 valence electrons. The molecule has 0 heterocycles. The fourth-order valence-electron chi connectivity index (χ4n) is 1.51. The van der Waals surface area contributed by atoms with Crippen molar-refractivity contribution in [2.24, 2.45) is 5.73 Å². The van der Waals surface area contributed by atoms with Crippen molar-refractivity contribution in [3.8, 4) is 11.5 Å². The van der Waals surface area contributed by atoms with Gasteiger partial charge in [0.1, 0.15) is 17.5 Å².